The quantitative estimate of drug-likeness (QED) is 0.689. The Bertz CT molecular complexity index is 807. The van der Waals surface area contributed by atoms with E-state index < -0.39 is 0 Å². The second kappa shape index (κ2) is 5.85. The molecule has 22 heavy (non-hydrogen) atoms. The third-order valence-corrected chi connectivity index (χ3v) is 3.54. The number of amides is 1. The molecule has 0 bridgehead atoms. The van der Waals surface area contributed by atoms with Crippen LogP contribution >= 0.6 is 0 Å². The number of benzene rings is 1. The second-order valence-electron chi connectivity index (χ2n) is 5.07. The number of aryl methyl sites for hydroxylation is 1. The van der Waals surface area contributed by atoms with Crippen molar-refractivity contribution < 1.29 is 4.79 Å². The van der Waals surface area contributed by atoms with Crippen LogP contribution in [0.15, 0.2) is 36.5 Å². The summed E-state index contributed by atoms with van der Waals surface area (Å²) in [7, 11) is 1.62. The molecule has 0 radical (unpaired) electrons. The van der Waals surface area contributed by atoms with E-state index in [0.29, 0.717) is 12.1 Å². The van der Waals surface area contributed by atoms with Crippen LogP contribution in [-0.4, -0.2) is 28.1 Å². The van der Waals surface area contributed by atoms with E-state index in [1.807, 2.05) is 37.3 Å². The minimum atomic E-state index is -0.0791. The highest BCUT2D eigenvalue weighted by Crippen LogP contribution is 2.18. The molecule has 3 aromatic rings. The normalized spacial score (nSPS) is 10.6. The summed E-state index contributed by atoms with van der Waals surface area (Å²) in [6, 6.07) is 9.54. The number of aromatic nitrogens is 3. The molecule has 0 aliphatic heterocycles. The Hall–Kier alpha value is -2.89. The van der Waals surface area contributed by atoms with Gasteiger partial charge >= 0.3 is 0 Å². The molecule has 3 rings (SSSR count). The van der Waals surface area contributed by atoms with Gasteiger partial charge in [0.05, 0.1) is 11.9 Å². The summed E-state index contributed by atoms with van der Waals surface area (Å²) in [6.45, 7) is 2.64. The van der Waals surface area contributed by atoms with Crippen LogP contribution in [0.2, 0.25) is 0 Å². The molecule has 0 aliphatic rings. The van der Waals surface area contributed by atoms with Crippen LogP contribution in [0.1, 0.15) is 21.6 Å². The zero-order chi connectivity index (χ0) is 15.5. The van der Waals surface area contributed by atoms with Crippen molar-refractivity contribution in [3.05, 3.63) is 53.3 Å². The summed E-state index contributed by atoms with van der Waals surface area (Å²) in [5.74, 6) is -0.0791. The van der Waals surface area contributed by atoms with E-state index in [2.05, 4.69) is 25.8 Å². The predicted octanol–water partition coefficient (Wildman–Crippen LogP) is 2.24. The Labute approximate surface area is 128 Å². The molecular formula is C16H17N5O. The van der Waals surface area contributed by atoms with Crippen molar-refractivity contribution in [2.75, 3.05) is 12.4 Å². The summed E-state index contributed by atoms with van der Waals surface area (Å²) in [6.07, 6.45) is 1.77. The first-order valence-corrected chi connectivity index (χ1v) is 7.03. The molecule has 6 nitrogen and oxygen atoms in total. The average Bonchev–Trinajstić information content (AvgIpc) is 2.93. The molecule has 6 heteroatoms. The van der Waals surface area contributed by atoms with Gasteiger partial charge in [0.2, 0.25) is 0 Å². The van der Waals surface area contributed by atoms with Crippen LogP contribution in [0.5, 0.6) is 0 Å². The fourth-order valence-corrected chi connectivity index (χ4v) is 2.24. The lowest BCUT2D eigenvalue weighted by Gasteiger charge is -2.07. The first-order valence-electron chi connectivity index (χ1n) is 7.03. The molecular weight excluding hydrogens is 278 g/mol. The molecule has 2 aromatic heterocycles. The van der Waals surface area contributed by atoms with Crippen molar-refractivity contribution in [1.29, 1.82) is 0 Å². The van der Waals surface area contributed by atoms with Crippen LogP contribution in [0.3, 0.4) is 0 Å². The molecule has 1 aromatic carbocycles. The lowest BCUT2D eigenvalue weighted by Crippen LogP contribution is -2.17. The van der Waals surface area contributed by atoms with Crippen LogP contribution < -0.4 is 10.6 Å². The monoisotopic (exact) mass is 295 g/mol. The van der Waals surface area contributed by atoms with E-state index in [0.717, 1.165) is 28.0 Å². The molecule has 1 amide bonds. The third kappa shape index (κ3) is 2.76. The predicted molar refractivity (Wildman–Crippen MR) is 85.8 cm³/mol. The van der Waals surface area contributed by atoms with Gasteiger partial charge in [0.25, 0.3) is 5.91 Å². The summed E-state index contributed by atoms with van der Waals surface area (Å²) in [4.78, 5) is 15.8. The number of rotatable bonds is 4. The summed E-state index contributed by atoms with van der Waals surface area (Å²) >= 11 is 0. The van der Waals surface area contributed by atoms with Gasteiger partial charge in [-0.1, -0.05) is 12.1 Å². The Kier molecular flexibility index (Phi) is 3.74. The van der Waals surface area contributed by atoms with Gasteiger partial charge in [0, 0.05) is 30.2 Å². The van der Waals surface area contributed by atoms with Gasteiger partial charge < -0.3 is 10.6 Å². The molecule has 112 valence electrons. The molecule has 0 atom stereocenters. The van der Waals surface area contributed by atoms with E-state index in [1.54, 1.807) is 13.2 Å². The smallest absolute Gasteiger partial charge is 0.251 e. The average molecular weight is 295 g/mol. The van der Waals surface area contributed by atoms with Crippen LogP contribution in [0.4, 0.5) is 5.69 Å². The van der Waals surface area contributed by atoms with E-state index in [-0.39, 0.29) is 5.91 Å². The van der Waals surface area contributed by atoms with E-state index in [1.165, 1.54) is 0 Å². The standard InChI is InChI=1S/C16H17N5O/c1-10-14-7-13(9-19-15(14)21-20-10)18-8-11-3-5-12(6-4-11)16(22)17-2/h3-7,9,18H,8H2,1-2H3,(H,17,22)(H,19,20,21). The number of carbonyl (C=O) groups excluding carboxylic acids is 1. The van der Waals surface area contributed by atoms with Gasteiger partial charge in [-0.25, -0.2) is 4.98 Å². The van der Waals surface area contributed by atoms with Gasteiger partial charge in [-0.15, -0.1) is 0 Å². The zero-order valence-corrected chi connectivity index (χ0v) is 12.5. The fraction of sp³-hybridized carbons (Fsp3) is 0.188. The van der Waals surface area contributed by atoms with E-state index in [9.17, 15) is 4.79 Å². The molecule has 0 spiro atoms. The SMILES string of the molecule is CNC(=O)c1ccc(CNc2cnc3n[nH]c(C)c3c2)cc1. The number of anilines is 1. The Morgan fingerprint density at radius 3 is 2.77 bits per heavy atom. The maximum absolute atomic E-state index is 11.5. The summed E-state index contributed by atoms with van der Waals surface area (Å²) < 4.78 is 0. The minimum Gasteiger partial charge on any atom is -0.380 e. The zero-order valence-electron chi connectivity index (χ0n) is 12.5. The van der Waals surface area contributed by atoms with Gasteiger partial charge in [0.1, 0.15) is 0 Å². The highest BCUT2D eigenvalue weighted by molar-refractivity contribution is 5.93. The third-order valence-electron chi connectivity index (χ3n) is 3.54. The lowest BCUT2D eigenvalue weighted by atomic mass is 10.1. The van der Waals surface area contributed by atoms with E-state index in [4.69, 9.17) is 0 Å². The highest BCUT2D eigenvalue weighted by Gasteiger charge is 2.05. The van der Waals surface area contributed by atoms with Crippen molar-refractivity contribution in [1.82, 2.24) is 20.5 Å². The molecule has 2 heterocycles. The van der Waals surface area contributed by atoms with Crippen molar-refractivity contribution in [2.24, 2.45) is 0 Å². The molecule has 3 N–H and O–H groups in total. The molecule has 0 saturated heterocycles. The number of nitrogens with zero attached hydrogens (tertiary/aromatic N) is 2. The van der Waals surface area contributed by atoms with Crippen molar-refractivity contribution >= 4 is 22.6 Å². The number of aromatic amines is 1. The number of carbonyl (C=O) groups is 1. The first-order chi connectivity index (χ1) is 10.7. The Balaban J connectivity index is 1.70. The second-order valence-corrected chi connectivity index (χ2v) is 5.07. The van der Waals surface area contributed by atoms with Crippen molar-refractivity contribution in [3.8, 4) is 0 Å². The van der Waals surface area contributed by atoms with Crippen molar-refractivity contribution in [2.45, 2.75) is 13.5 Å². The van der Waals surface area contributed by atoms with Crippen LogP contribution in [0.25, 0.3) is 11.0 Å². The summed E-state index contributed by atoms with van der Waals surface area (Å²) in [5, 5.41) is 14.0. The number of hydrogen-bond donors (Lipinski definition) is 3. The number of nitrogens with one attached hydrogen (secondary N) is 3. The summed E-state index contributed by atoms with van der Waals surface area (Å²) in [5.41, 5.74) is 4.41. The number of hydrogen-bond acceptors (Lipinski definition) is 4. The maximum atomic E-state index is 11.5. The number of fused-ring (bicyclic) bond motifs is 1. The van der Waals surface area contributed by atoms with Gasteiger partial charge in [-0.2, -0.15) is 5.10 Å². The minimum absolute atomic E-state index is 0.0791. The Morgan fingerprint density at radius 2 is 2.05 bits per heavy atom. The van der Waals surface area contributed by atoms with Gasteiger partial charge in [-0.05, 0) is 30.7 Å². The molecule has 0 aliphatic carbocycles. The number of H-pyrrole nitrogens is 1. The Morgan fingerprint density at radius 1 is 1.27 bits per heavy atom. The van der Waals surface area contributed by atoms with Crippen LogP contribution in [0, 0.1) is 6.92 Å². The molecule has 0 saturated carbocycles. The van der Waals surface area contributed by atoms with Crippen LogP contribution in [-0.2, 0) is 6.54 Å². The van der Waals surface area contributed by atoms with Gasteiger partial charge in [0.15, 0.2) is 5.65 Å². The molecule has 0 unspecified atom stereocenters. The van der Waals surface area contributed by atoms with Gasteiger partial charge in [-0.3, -0.25) is 9.89 Å². The first kappa shape index (κ1) is 14.1. The highest BCUT2D eigenvalue weighted by atomic mass is 16.1. The molecule has 0 fully saturated rings. The largest absolute Gasteiger partial charge is 0.380 e. The van der Waals surface area contributed by atoms with E-state index >= 15 is 0 Å². The number of pyridine rings is 1. The maximum Gasteiger partial charge on any atom is 0.251 e. The van der Waals surface area contributed by atoms with Crippen molar-refractivity contribution in [3.63, 3.8) is 0 Å². The topological polar surface area (TPSA) is 82.7 Å². The lowest BCUT2D eigenvalue weighted by molar-refractivity contribution is 0.0963. The fourth-order valence-electron chi connectivity index (χ4n) is 2.24.